The van der Waals surface area contributed by atoms with Gasteiger partial charge in [0.25, 0.3) is 5.91 Å². The molecule has 1 amide bonds. The van der Waals surface area contributed by atoms with Gasteiger partial charge < -0.3 is 20.3 Å². The van der Waals surface area contributed by atoms with Gasteiger partial charge in [-0.2, -0.15) is 0 Å². The van der Waals surface area contributed by atoms with Crippen LogP contribution in [0.2, 0.25) is 0 Å². The molecular weight excluding hydrogens is 212 g/mol. The number of aromatic nitrogens is 1. The molecule has 1 unspecified atom stereocenters. The Labute approximate surface area is 91.9 Å². The predicted molar refractivity (Wildman–Crippen MR) is 55.0 cm³/mol. The smallest absolute Gasteiger partial charge is 0.256 e. The van der Waals surface area contributed by atoms with Crippen molar-refractivity contribution in [1.29, 1.82) is 0 Å². The maximum atomic E-state index is 11.5. The Balaban J connectivity index is 2.69. The van der Waals surface area contributed by atoms with Crippen molar-refractivity contribution in [2.45, 2.75) is 13.0 Å². The van der Waals surface area contributed by atoms with Crippen molar-refractivity contribution in [3.63, 3.8) is 0 Å². The third kappa shape index (κ3) is 3.03. The minimum absolute atomic E-state index is 0.00342. The van der Waals surface area contributed by atoms with E-state index in [9.17, 15) is 14.7 Å². The second-order valence-electron chi connectivity index (χ2n) is 3.26. The summed E-state index contributed by atoms with van der Waals surface area (Å²) in [6, 6.07) is 1.35. The van der Waals surface area contributed by atoms with Crippen LogP contribution in [0.5, 0.6) is 5.75 Å². The van der Waals surface area contributed by atoms with Crippen LogP contribution in [0.4, 0.5) is 0 Å². The summed E-state index contributed by atoms with van der Waals surface area (Å²) in [6.07, 6.45) is 0.297. The summed E-state index contributed by atoms with van der Waals surface area (Å²) >= 11 is 0. The molecule has 6 nitrogen and oxygen atoms in total. The molecule has 0 fully saturated rings. The lowest BCUT2D eigenvalue weighted by molar-refractivity contribution is -0.114. The van der Waals surface area contributed by atoms with E-state index in [0.717, 1.165) is 0 Å². The van der Waals surface area contributed by atoms with Crippen LogP contribution >= 0.6 is 0 Å². The predicted octanol–water partition coefficient (Wildman–Crippen LogP) is -0.615. The summed E-state index contributed by atoms with van der Waals surface area (Å²) < 4.78 is 0. The zero-order chi connectivity index (χ0) is 12.1. The normalized spacial score (nSPS) is 11.9. The number of pyridine rings is 1. The molecule has 3 N–H and O–H groups in total. The van der Waals surface area contributed by atoms with Gasteiger partial charge in [-0.15, -0.1) is 0 Å². The molecule has 6 heteroatoms. The number of aryl methyl sites for hydroxylation is 1. The summed E-state index contributed by atoms with van der Waals surface area (Å²) in [6.45, 7) is 1.48. The Morgan fingerprint density at radius 3 is 2.94 bits per heavy atom. The van der Waals surface area contributed by atoms with E-state index in [1.165, 1.54) is 12.3 Å². The number of aliphatic hydroxyl groups is 1. The highest BCUT2D eigenvalue weighted by atomic mass is 16.3. The first-order valence-corrected chi connectivity index (χ1v) is 4.61. The molecule has 0 aliphatic rings. The van der Waals surface area contributed by atoms with Crippen molar-refractivity contribution in [3.8, 4) is 5.75 Å². The SMILES string of the molecule is Cc1cc(O)c(C(=O)NCC(O)C=O)cn1. The van der Waals surface area contributed by atoms with Gasteiger partial charge in [-0.05, 0) is 6.92 Å². The van der Waals surface area contributed by atoms with Gasteiger partial charge in [0.1, 0.15) is 18.1 Å². The topological polar surface area (TPSA) is 99.5 Å². The number of hydrogen-bond donors (Lipinski definition) is 3. The van der Waals surface area contributed by atoms with Gasteiger partial charge in [0.15, 0.2) is 0 Å². The van der Waals surface area contributed by atoms with Crippen molar-refractivity contribution in [2.24, 2.45) is 0 Å². The first kappa shape index (κ1) is 12.1. The molecule has 1 aromatic heterocycles. The molecule has 0 spiro atoms. The molecule has 0 saturated carbocycles. The van der Waals surface area contributed by atoms with Crippen LogP contribution in [0.15, 0.2) is 12.3 Å². The van der Waals surface area contributed by atoms with Gasteiger partial charge >= 0.3 is 0 Å². The molecule has 1 heterocycles. The first-order valence-electron chi connectivity index (χ1n) is 4.61. The van der Waals surface area contributed by atoms with E-state index in [1.807, 2.05) is 0 Å². The lowest BCUT2D eigenvalue weighted by Gasteiger charge is -2.07. The van der Waals surface area contributed by atoms with Crippen molar-refractivity contribution < 1.29 is 19.8 Å². The number of nitrogens with one attached hydrogen (secondary N) is 1. The Morgan fingerprint density at radius 2 is 2.38 bits per heavy atom. The van der Waals surface area contributed by atoms with Gasteiger partial charge in [0.05, 0.1) is 12.1 Å². The van der Waals surface area contributed by atoms with Gasteiger partial charge in [0.2, 0.25) is 0 Å². The highest BCUT2D eigenvalue weighted by Crippen LogP contribution is 2.15. The third-order valence-electron chi connectivity index (χ3n) is 1.89. The van der Waals surface area contributed by atoms with E-state index in [0.29, 0.717) is 12.0 Å². The zero-order valence-corrected chi connectivity index (χ0v) is 8.67. The Hall–Kier alpha value is -1.95. The lowest BCUT2D eigenvalue weighted by atomic mass is 10.2. The fourth-order valence-electron chi connectivity index (χ4n) is 1.06. The molecule has 1 rings (SSSR count). The molecule has 16 heavy (non-hydrogen) atoms. The van der Waals surface area contributed by atoms with Crippen LogP contribution < -0.4 is 5.32 Å². The van der Waals surface area contributed by atoms with E-state index >= 15 is 0 Å². The van der Waals surface area contributed by atoms with Gasteiger partial charge in [0, 0.05) is 18.0 Å². The fraction of sp³-hybridized carbons (Fsp3) is 0.300. The number of amides is 1. The lowest BCUT2D eigenvalue weighted by Crippen LogP contribution is -2.32. The van der Waals surface area contributed by atoms with Crippen molar-refractivity contribution in [2.75, 3.05) is 6.54 Å². The summed E-state index contributed by atoms with van der Waals surface area (Å²) in [5, 5.41) is 20.6. The molecule has 0 radical (unpaired) electrons. The second kappa shape index (κ2) is 5.22. The standard InChI is InChI=1S/C10H12N2O4/c1-6-2-9(15)8(4-11-6)10(16)12-3-7(14)5-13/h2,4-5,7,14H,3H2,1H3,(H,11,15)(H,12,16). The van der Waals surface area contributed by atoms with Gasteiger partial charge in [-0.25, -0.2) is 0 Å². The molecule has 0 aliphatic carbocycles. The number of hydrogen-bond acceptors (Lipinski definition) is 5. The zero-order valence-electron chi connectivity index (χ0n) is 8.67. The van der Waals surface area contributed by atoms with Gasteiger partial charge in [-0.1, -0.05) is 0 Å². The number of rotatable bonds is 4. The maximum absolute atomic E-state index is 11.5. The molecular formula is C10H12N2O4. The average molecular weight is 224 g/mol. The van der Waals surface area contributed by atoms with E-state index < -0.39 is 12.0 Å². The summed E-state index contributed by atoms with van der Waals surface area (Å²) in [5.41, 5.74) is 0.589. The van der Waals surface area contributed by atoms with E-state index in [1.54, 1.807) is 6.92 Å². The number of aromatic hydroxyl groups is 1. The summed E-state index contributed by atoms with van der Waals surface area (Å²) in [5.74, 6) is -0.781. The Morgan fingerprint density at radius 1 is 1.69 bits per heavy atom. The molecule has 0 saturated heterocycles. The monoisotopic (exact) mass is 224 g/mol. The van der Waals surface area contributed by atoms with Crippen LogP contribution in [0.3, 0.4) is 0 Å². The third-order valence-corrected chi connectivity index (χ3v) is 1.89. The molecule has 0 bridgehead atoms. The number of aldehydes is 1. The quantitative estimate of drug-likeness (QED) is 0.592. The highest BCUT2D eigenvalue weighted by Gasteiger charge is 2.12. The van der Waals surface area contributed by atoms with E-state index in [4.69, 9.17) is 5.11 Å². The number of aliphatic hydroxyl groups excluding tert-OH is 1. The number of nitrogens with zero attached hydrogens (tertiary/aromatic N) is 1. The Bertz CT molecular complexity index is 406. The summed E-state index contributed by atoms with van der Waals surface area (Å²) in [7, 11) is 0. The van der Waals surface area contributed by atoms with Crippen LogP contribution in [0.25, 0.3) is 0 Å². The number of carbonyl (C=O) groups excluding carboxylic acids is 2. The second-order valence-corrected chi connectivity index (χ2v) is 3.26. The maximum Gasteiger partial charge on any atom is 0.256 e. The van der Waals surface area contributed by atoms with Crippen LogP contribution in [-0.4, -0.2) is 40.0 Å². The molecule has 0 aliphatic heterocycles. The van der Waals surface area contributed by atoms with E-state index in [-0.39, 0.29) is 17.9 Å². The Kier molecular flexibility index (Phi) is 3.96. The van der Waals surface area contributed by atoms with Crippen LogP contribution in [-0.2, 0) is 4.79 Å². The highest BCUT2D eigenvalue weighted by molar-refractivity contribution is 5.96. The molecule has 1 atom stereocenters. The minimum Gasteiger partial charge on any atom is -0.507 e. The largest absolute Gasteiger partial charge is 0.507 e. The average Bonchev–Trinajstić information content (AvgIpc) is 2.25. The molecule has 0 aromatic carbocycles. The fourth-order valence-corrected chi connectivity index (χ4v) is 1.06. The van der Waals surface area contributed by atoms with Crippen molar-refractivity contribution >= 4 is 12.2 Å². The molecule has 86 valence electrons. The van der Waals surface area contributed by atoms with Crippen LogP contribution in [0.1, 0.15) is 16.1 Å². The summed E-state index contributed by atoms with van der Waals surface area (Å²) in [4.78, 5) is 25.4. The first-order chi connectivity index (χ1) is 7.54. The van der Waals surface area contributed by atoms with Crippen molar-refractivity contribution in [3.05, 3.63) is 23.5 Å². The molecule has 1 aromatic rings. The number of carbonyl (C=O) groups is 2. The van der Waals surface area contributed by atoms with Crippen molar-refractivity contribution in [1.82, 2.24) is 10.3 Å². The minimum atomic E-state index is -1.25. The van der Waals surface area contributed by atoms with Crippen LogP contribution in [0, 0.1) is 6.92 Å². The van der Waals surface area contributed by atoms with E-state index in [2.05, 4.69) is 10.3 Å². The van der Waals surface area contributed by atoms with Gasteiger partial charge in [-0.3, -0.25) is 9.78 Å².